The molecule has 0 aliphatic heterocycles. The van der Waals surface area contributed by atoms with Gasteiger partial charge in [0.05, 0.1) is 19.2 Å². The summed E-state index contributed by atoms with van der Waals surface area (Å²) in [7, 11) is 1.42. The number of esters is 1. The number of carbonyl (C=O) groups is 1. The van der Waals surface area contributed by atoms with E-state index in [2.05, 4.69) is 26.9 Å². The summed E-state index contributed by atoms with van der Waals surface area (Å²) in [6.07, 6.45) is 4.95. The van der Waals surface area contributed by atoms with E-state index in [1.165, 1.54) is 20.0 Å². The Hall–Kier alpha value is -1.10. The molecule has 1 aliphatic rings. The van der Waals surface area contributed by atoms with Gasteiger partial charge in [-0.25, -0.2) is 4.98 Å². The minimum atomic E-state index is -0.169. The van der Waals surface area contributed by atoms with Crippen molar-refractivity contribution in [1.29, 1.82) is 0 Å². The van der Waals surface area contributed by atoms with E-state index in [1.54, 1.807) is 11.3 Å². The molecular formula is C14H22N2O2S. The zero-order chi connectivity index (χ0) is 13.7. The van der Waals surface area contributed by atoms with Crippen molar-refractivity contribution in [3.63, 3.8) is 0 Å². The van der Waals surface area contributed by atoms with Gasteiger partial charge in [-0.15, -0.1) is 11.3 Å². The maximum atomic E-state index is 11.1. The first kappa shape index (κ1) is 14.3. The monoisotopic (exact) mass is 282 g/mol. The van der Waals surface area contributed by atoms with Crippen molar-refractivity contribution < 1.29 is 9.53 Å². The molecule has 0 atom stereocenters. The number of thiazole rings is 1. The van der Waals surface area contributed by atoms with Gasteiger partial charge in [-0.05, 0) is 25.2 Å². The van der Waals surface area contributed by atoms with Crippen LogP contribution in [0, 0.1) is 5.92 Å². The lowest BCUT2D eigenvalue weighted by atomic mass is 10.2. The molecule has 1 fully saturated rings. The topological polar surface area (TPSA) is 42.4 Å². The SMILES string of the molecule is CCCN(CC1CC1)c1nc(CCC(=O)OC)cs1. The molecular weight excluding hydrogens is 260 g/mol. The van der Waals surface area contributed by atoms with Crippen LogP contribution in [0.2, 0.25) is 0 Å². The van der Waals surface area contributed by atoms with Crippen LogP contribution in [0.5, 0.6) is 0 Å². The Bertz CT molecular complexity index is 415. The predicted molar refractivity (Wildman–Crippen MR) is 77.7 cm³/mol. The molecule has 5 heteroatoms. The van der Waals surface area contributed by atoms with Crippen LogP contribution in [0.1, 0.15) is 38.3 Å². The third-order valence-corrected chi connectivity index (χ3v) is 4.24. The number of aryl methyl sites for hydroxylation is 1. The fourth-order valence-corrected chi connectivity index (χ4v) is 2.93. The highest BCUT2D eigenvalue weighted by Crippen LogP contribution is 2.32. The molecule has 106 valence electrons. The Kier molecular flexibility index (Phi) is 5.19. The molecule has 1 heterocycles. The maximum Gasteiger partial charge on any atom is 0.305 e. The second-order valence-corrected chi connectivity index (χ2v) is 5.92. The highest BCUT2D eigenvalue weighted by Gasteiger charge is 2.25. The fraction of sp³-hybridized carbons (Fsp3) is 0.714. The lowest BCUT2D eigenvalue weighted by Crippen LogP contribution is -2.26. The largest absolute Gasteiger partial charge is 0.469 e. The van der Waals surface area contributed by atoms with Gasteiger partial charge in [0.1, 0.15) is 0 Å². The van der Waals surface area contributed by atoms with E-state index in [0.29, 0.717) is 12.8 Å². The van der Waals surface area contributed by atoms with Crippen LogP contribution >= 0.6 is 11.3 Å². The first-order valence-corrected chi connectivity index (χ1v) is 7.87. The summed E-state index contributed by atoms with van der Waals surface area (Å²) in [6.45, 7) is 4.41. The summed E-state index contributed by atoms with van der Waals surface area (Å²) in [5.41, 5.74) is 1.00. The van der Waals surface area contributed by atoms with E-state index in [0.717, 1.165) is 36.3 Å². The van der Waals surface area contributed by atoms with Gasteiger partial charge < -0.3 is 9.64 Å². The molecule has 1 saturated carbocycles. The highest BCUT2D eigenvalue weighted by atomic mass is 32.1. The van der Waals surface area contributed by atoms with Crippen LogP contribution in [-0.4, -0.2) is 31.2 Å². The quantitative estimate of drug-likeness (QED) is 0.688. The number of aromatic nitrogens is 1. The third kappa shape index (κ3) is 4.49. The average Bonchev–Trinajstić information content (AvgIpc) is 3.11. The second-order valence-electron chi connectivity index (χ2n) is 5.09. The molecule has 0 unspecified atom stereocenters. The van der Waals surface area contributed by atoms with Crippen molar-refractivity contribution in [3.8, 4) is 0 Å². The fourth-order valence-electron chi connectivity index (χ4n) is 2.04. The zero-order valence-corrected chi connectivity index (χ0v) is 12.5. The summed E-state index contributed by atoms with van der Waals surface area (Å²) < 4.78 is 4.65. The van der Waals surface area contributed by atoms with Crippen LogP contribution in [0.25, 0.3) is 0 Å². The Morgan fingerprint density at radius 3 is 3.00 bits per heavy atom. The molecule has 0 saturated heterocycles. The van der Waals surface area contributed by atoms with Gasteiger partial charge >= 0.3 is 5.97 Å². The van der Waals surface area contributed by atoms with Crippen molar-refractivity contribution in [1.82, 2.24) is 4.98 Å². The van der Waals surface area contributed by atoms with Crippen molar-refractivity contribution in [2.75, 3.05) is 25.1 Å². The van der Waals surface area contributed by atoms with Crippen LogP contribution in [0.15, 0.2) is 5.38 Å². The van der Waals surface area contributed by atoms with Crippen LogP contribution in [0.4, 0.5) is 5.13 Å². The Labute approximate surface area is 118 Å². The van der Waals surface area contributed by atoms with E-state index in [4.69, 9.17) is 0 Å². The van der Waals surface area contributed by atoms with Crippen molar-refractivity contribution in [3.05, 3.63) is 11.1 Å². The first-order chi connectivity index (χ1) is 9.22. The number of carbonyl (C=O) groups excluding carboxylic acids is 1. The summed E-state index contributed by atoms with van der Waals surface area (Å²) in [6, 6.07) is 0. The Balaban J connectivity index is 1.90. The van der Waals surface area contributed by atoms with Crippen molar-refractivity contribution in [2.45, 2.75) is 39.0 Å². The molecule has 0 bridgehead atoms. The number of anilines is 1. The van der Waals surface area contributed by atoms with Gasteiger partial charge in [0.25, 0.3) is 0 Å². The molecule has 0 spiro atoms. The lowest BCUT2D eigenvalue weighted by Gasteiger charge is -2.20. The van der Waals surface area contributed by atoms with Gasteiger partial charge in [-0.1, -0.05) is 6.92 Å². The van der Waals surface area contributed by atoms with E-state index in [-0.39, 0.29) is 5.97 Å². The van der Waals surface area contributed by atoms with Crippen LogP contribution in [0.3, 0.4) is 0 Å². The Morgan fingerprint density at radius 1 is 1.58 bits per heavy atom. The third-order valence-electron chi connectivity index (χ3n) is 3.29. The van der Waals surface area contributed by atoms with E-state index in [9.17, 15) is 4.79 Å². The molecule has 4 nitrogen and oxygen atoms in total. The summed E-state index contributed by atoms with van der Waals surface area (Å²) in [5.74, 6) is 0.701. The second kappa shape index (κ2) is 6.89. The normalized spacial score (nSPS) is 14.4. The van der Waals surface area contributed by atoms with Gasteiger partial charge in [-0.2, -0.15) is 0 Å². The van der Waals surface area contributed by atoms with Gasteiger partial charge in [0.2, 0.25) is 0 Å². The minimum Gasteiger partial charge on any atom is -0.469 e. The molecule has 1 aromatic rings. The molecule has 0 radical (unpaired) electrons. The maximum absolute atomic E-state index is 11.1. The molecule has 0 aromatic carbocycles. The number of hydrogen-bond donors (Lipinski definition) is 0. The molecule has 2 rings (SSSR count). The molecule has 0 amide bonds. The molecule has 19 heavy (non-hydrogen) atoms. The van der Waals surface area contributed by atoms with E-state index < -0.39 is 0 Å². The predicted octanol–water partition coefficient (Wildman–Crippen LogP) is 2.88. The summed E-state index contributed by atoms with van der Waals surface area (Å²) in [5, 5.41) is 3.17. The standard InChI is InChI=1S/C14H22N2O2S/c1-3-8-16(9-11-4-5-11)14-15-12(10-19-14)6-7-13(17)18-2/h10-11H,3-9H2,1-2H3. The number of methoxy groups -OCH3 is 1. The van der Waals surface area contributed by atoms with Crippen LogP contribution < -0.4 is 4.90 Å². The van der Waals surface area contributed by atoms with E-state index >= 15 is 0 Å². The minimum absolute atomic E-state index is 0.169. The average molecular weight is 282 g/mol. The summed E-state index contributed by atoms with van der Waals surface area (Å²) >= 11 is 1.69. The zero-order valence-electron chi connectivity index (χ0n) is 11.7. The van der Waals surface area contributed by atoms with E-state index in [1.807, 2.05) is 0 Å². The number of rotatable bonds is 8. The lowest BCUT2D eigenvalue weighted by molar-refractivity contribution is -0.140. The van der Waals surface area contributed by atoms with Gasteiger partial charge in [0, 0.05) is 24.9 Å². The molecule has 1 aromatic heterocycles. The Morgan fingerprint density at radius 2 is 2.37 bits per heavy atom. The number of ether oxygens (including phenoxy) is 1. The number of nitrogens with zero attached hydrogens (tertiary/aromatic N) is 2. The van der Waals surface area contributed by atoms with Crippen molar-refractivity contribution >= 4 is 22.4 Å². The molecule has 0 N–H and O–H groups in total. The van der Waals surface area contributed by atoms with Gasteiger partial charge in [0.15, 0.2) is 5.13 Å². The smallest absolute Gasteiger partial charge is 0.305 e. The summed E-state index contributed by atoms with van der Waals surface area (Å²) in [4.78, 5) is 18.2. The number of hydrogen-bond acceptors (Lipinski definition) is 5. The highest BCUT2D eigenvalue weighted by molar-refractivity contribution is 7.13. The van der Waals surface area contributed by atoms with Crippen molar-refractivity contribution in [2.24, 2.45) is 5.92 Å². The van der Waals surface area contributed by atoms with Gasteiger partial charge in [-0.3, -0.25) is 4.79 Å². The molecule has 1 aliphatic carbocycles. The van der Waals surface area contributed by atoms with Crippen LogP contribution in [-0.2, 0) is 16.0 Å². The first-order valence-electron chi connectivity index (χ1n) is 6.99.